The molecule has 6 nitrogen and oxygen atoms in total. The summed E-state index contributed by atoms with van der Waals surface area (Å²) >= 11 is 0. The van der Waals surface area contributed by atoms with E-state index in [9.17, 15) is 20.1 Å². The molecule has 3 atom stereocenters. The summed E-state index contributed by atoms with van der Waals surface area (Å²) < 4.78 is 10.5. The average molecular weight is 266 g/mol. The van der Waals surface area contributed by atoms with E-state index < -0.39 is 23.9 Å². The number of ether oxygens (including phenoxy) is 2. The molecule has 19 heavy (non-hydrogen) atoms. The minimum atomic E-state index is -1.01. The standard InChI is InChI=1S/C13H14O6/c14-4-9-8(13(16)17)1-6-2-10-11(19-5-18-10)3-7(6)12(9)15/h2-3,8-9,12,14-15H,1,4-5H2,(H,16,17)/t8-,9-,12-/m1/s1. The van der Waals surface area contributed by atoms with Crippen molar-refractivity contribution in [3.05, 3.63) is 23.3 Å². The maximum Gasteiger partial charge on any atom is 0.307 e. The zero-order valence-corrected chi connectivity index (χ0v) is 10.1. The number of aliphatic hydroxyl groups is 2. The quantitative estimate of drug-likeness (QED) is 0.713. The molecule has 0 unspecified atom stereocenters. The van der Waals surface area contributed by atoms with Gasteiger partial charge in [-0.15, -0.1) is 0 Å². The first-order valence-corrected chi connectivity index (χ1v) is 6.06. The second-order valence-corrected chi connectivity index (χ2v) is 4.84. The molecule has 102 valence electrons. The summed E-state index contributed by atoms with van der Waals surface area (Å²) in [6.45, 7) is -0.244. The highest BCUT2D eigenvalue weighted by Crippen LogP contribution is 2.44. The second-order valence-electron chi connectivity index (χ2n) is 4.84. The summed E-state index contributed by atoms with van der Waals surface area (Å²) in [6.07, 6.45) is -0.742. The number of aliphatic hydroxyl groups excluding tert-OH is 2. The third-order valence-corrected chi connectivity index (χ3v) is 3.84. The van der Waals surface area contributed by atoms with Gasteiger partial charge in [0.05, 0.1) is 12.0 Å². The number of hydrogen-bond donors (Lipinski definition) is 3. The zero-order valence-electron chi connectivity index (χ0n) is 10.1. The lowest BCUT2D eigenvalue weighted by molar-refractivity contribution is -0.147. The van der Waals surface area contributed by atoms with Crippen LogP contribution in [0.3, 0.4) is 0 Å². The highest BCUT2D eigenvalue weighted by Gasteiger charge is 2.40. The van der Waals surface area contributed by atoms with Crippen LogP contribution in [0.1, 0.15) is 17.2 Å². The van der Waals surface area contributed by atoms with Crippen molar-refractivity contribution in [3.63, 3.8) is 0 Å². The number of carboxylic acid groups (broad SMARTS) is 1. The molecule has 2 aliphatic rings. The minimum absolute atomic E-state index is 0.125. The summed E-state index contributed by atoms with van der Waals surface area (Å²) in [5, 5.41) is 28.8. The predicted molar refractivity (Wildman–Crippen MR) is 62.9 cm³/mol. The van der Waals surface area contributed by atoms with E-state index in [1.54, 1.807) is 12.1 Å². The fraction of sp³-hybridized carbons (Fsp3) is 0.462. The Morgan fingerprint density at radius 3 is 2.63 bits per heavy atom. The van der Waals surface area contributed by atoms with Gasteiger partial charge in [0.15, 0.2) is 11.5 Å². The Morgan fingerprint density at radius 1 is 1.32 bits per heavy atom. The van der Waals surface area contributed by atoms with Crippen molar-refractivity contribution in [1.82, 2.24) is 0 Å². The fourth-order valence-corrected chi connectivity index (χ4v) is 2.79. The lowest BCUT2D eigenvalue weighted by atomic mass is 9.74. The molecular formula is C13H14O6. The van der Waals surface area contributed by atoms with E-state index in [0.29, 0.717) is 17.1 Å². The van der Waals surface area contributed by atoms with E-state index in [1.807, 2.05) is 0 Å². The van der Waals surface area contributed by atoms with Crippen molar-refractivity contribution in [2.75, 3.05) is 13.4 Å². The van der Waals surface area contributed by atoms with Gasteiger partial charge in [0.1, 0.15) is 0 Å². The molecule has 0 spiro atoms. The van der Waals surface area contributed by atoms with E-state index >= 15 is 0 Å². The maximum atomic E-state index is 11.2. The Kier molecular flexibility index (Phi) is 2.83. The van der Waals surface area contributed by atoms with Crippen LogP contribution >= 0.6 is 0 Å². The van der Waals surface area contributed by atoms with E-state index in [1.165, 1.54) is 0 Å². The lowest BCUT2D eigenvalue weighted by Crippen LogP contribution is -2.36. The van der Waals surface area contributed by atoms with Crippen molar-refractivity contribution in [1.29, 1.82) is 0 Å². The average Bonchev–Trinajstić information content (AvgIpc) is 2.83. The van der Waals surface area contributed by atoms with Crippen molar-refractivity contribution in [2.24, 2.45) is 11.8 Å². The third kappa shape index (κ3) is 1.84. The van der Waals surface area contributed by atoms with Crippen LogP contribution in [0.2, 0.25) is 0 Å². The van der Waals surface area contributed by atoms with Gasteiger partial charge in [-0.3, -0.25) is 4.79 Å². The topological polar surface area (TPSA) is 96.2 Å². The van der Waals surface area contributed by atoms with Crippen LogP contribution in [0.15, 0.2) is 12.1 Å². The predicted octanol–water partition coefficient (Wildman–Crippen LogP) is 0.314. The SMILES string of the molecule is O=C(O)[C@@H]1Cc2cc3c(cc2[C@@H](O)[C@@H]1CO)OCO3. The number of carbonyl (C=O) groups is 1. The Hall–Kier alpha value is -1.79. The molecule has 0 bridgehead atoms. The van der Waals surface area contributed by atoms with Crippen LogP contribution in [0, 0.1) is 11.8 Å². The molecule has 0 fully saturated rings. The summed E-state index contributed by atoms with van der Waals surface area (Å²) in [7, 11) is 0. The molecule has 3 rings (SSSR count). The first-order chi connectivity index (χ1) is 9.11. The molecule has 1 aromatic carbocycles. The number of carboxylic acids is 1. The van der Waals surface area contributed by atoms with Crippen LogP contribution in [0.25, 0.3) is 0 Å². The molecule has 0 aromatic heterocycles. The van der Waals surface area contributed by atoms with E-state index in [0.717, 1.165) is 5.56 Å². The summed E-state index contributed by atoms with van der Waals surface area (Å²) in [5.74, 6) is -1.40. The van der Waals surface area contributed by atoms with Crippen LogP contribution in [0.5, 0.6) is 11.5 Å². The monoisotopic (exact) mass is 266 g/mol. The van der Waals surface area contributed by atoms with Gasteiger partial charge in [-0.2, -0.15) is 0 Å². The number of rotatable bonds is 2. The first kappa shape index (κ1) is 12.3. The number of aliphatic carboxylic acids is 1. The van der Waals surface area contributed by atoms with Crippen molar-refractivity contribution < 1.29 is 29.6 Å². The molecule has 0 amide bonds. The smallest absolute Gasteiger partial charge is 0.307 e. The Morgan fingerprint density at radius 2 is 2.00 bits per heavy atom. The van der Waals surface area contributed by atoms with Crippen molar-refractivity contribution >= 4 is 5.97 Å². The summed E-state index contributed by atoms with van der Waals surface area (Å²) in [4.78, 5) is 11.2. The summed E-state index contributed by atoms with van der Waals surface area (Å²) in [5.41, 5.74) is 1.34. The Labute approximate surface area is 109 Å². The second kappa shape index (κ2) is 4.40. The molecule has 1 aromatic rings. The number of fused-ring (bicyclic) bond motifs is 2. The number of benzene rings is 1. The normalized spacial score (nSPS) is 28.0. The van der Waals surface area contributed by atoms with Gasteiger partial charge in [0, 0.05) is 12.5 Å². The van der Waals surface area contributed by atoms with Gasteiger partial charge in [-0.1, -0.05) is 0 Å². The lowest BCUT2D eigenvalue weighted by Gasteiger charge is -2.33. The molecule has 0 radical (unpaired) electrons. The van der Waals surface area contributed by atoms with Gasteiger partial charge in [-0.05, 0) is 29.7 Å². The summed E-state index contributed by atoms with van der Waals surface area (Å²) in [6, 6.07) is 3.38. The van der Waals surface area contributed by atoms with Gasteiger partial charge in [0.2, 0.25) is 6.79 Å². The van der Waals surface area contributed by atoms with E-state index in [2.05, 4.69) is 0 Å². The molecular weight excluding hydrogens is 252 g/mol. The van der Waals surface area contributed by atoms with Gasteiger partial charge >= 0.3 is 5.97 Å². The highest BCUT2D eigenvalue weighted by atomic mass is 16.7. The van der Waals surface area contributed by atoms with Gasteiger partial charge in [0.25, 0.3) is 0 Å². The molecule has 6 heteroatoms. The van der Waals surface area contributed by atoms with Crippen molar-refractivity contribution in [2.45, 2.75) is 12.5 Å². The number of hydrogen-bond acceptors (Lipinski definition) is 5. The third-order valence-electron chi connectivity index (χ3n) is 3.84. The van der Waals surface area contributed by atoms with E-state index in [4.69, 9.17) is 9.47 Å². The first-order valence-electron chi connectivity index (χ1n) is 6.06. The fourth-order valence-electron chi connectivity index (χ4n) is 2.79. The molecule has 1 aliphatic carbocycles. The highest BCUT2D eigenvalue weighted by molar-refractivity contribution is 5.72. The Balaban J connectivity index is 2.05. The van der Waals surface area contributed by atoms with Crippen LogP contribution in [-0.2, 0) is 11.2 Å². The van der Waals surface area contributed by atoms with Crippen LogP contribution in [0.4, 0.5) is 0 Å². The Bertz CT molecular complexity index is 526. The molecule has 1 aliphatic heterocycles. The van der Waals surface area contributed by atoms with E-state index in [-0.39, 0.29) is 19.8 Å². The van der Waals surface area contributed by atoms with Crippen LogP contribution < -0.4 is 9.47 Å². The molecule has 0 saturated heterocycles. The largest absolute Gasteiger partial charge is 0.481 e. The minimum Gasteiger partial charge on any atom is -0.481 e. The maximum absolute atomic E-state index is 11.2. The molecule has 3 N–H and O–H groups in total. The van der Waals surface area contributed by atoms with Gasteiger partial charge in [-0.25, -0.2) is 0 Å². The van der Waals surface area contributed by atoms with Crippen LogP contribution in [-0.4, -0.2) is 34.7 Å². The van der Waals surface area contributed by atoms with Crippen molar-refractivity contribution in [3.8, 4) is 11.5 Å². The van der Waals surface area contributed by atoms with Gasteiger partial charge < -0.3 is 24.8 Å². The molecule has 1 heterocycles. The zero-order chi connectivity index (χ0) is 13.6. The molecule has 0 saturated carbocycles.